The van der Waals surface area contributed by atoms with Crippen molar-refractivity contribution in [3.8, 4) is 11.5 Å². The lowest BCUT2D eigenvalue weighted by molar-refractivity contribution is -0.123. The van der Waals surface area contributed by atoms with Gasteiger partial charge in [-0.1, -0.05) is 41.7 Å². The van der Waals surface area contributed by atoms with Crippen LogP contribution in [0.25, 0.3) is 0 Å². The van der Waals surface area contributed by atoms with Crippen molar-refractivity contribution in [2.75, 3.05) is 23.9 Å². The molecule has 3 aromatic carbocycles. The lowest BCUT2D eigenvalue weighted by Gasteiger charge is -2.43. The van der Waals surface area contributed by atoms with E-state index in [-0.39, 0.29) is 70.0 Å². The van der Waals surface area contributed by atoms with Gasteiger partial charge in [-0.15, -0.1) is 11.8 Å². The molecule has 0 radical (unpaired) electrons. The van der Waals surface area contributed by atoms with Crippen LogP contribution in [0.3, 0.4) is 0 Å². The average Bonchev–Trinajstić information content (AvgIpc) is 3.79. The first-order chi connectivity index (χ1) is 21.9. The minimum absolute atomic E-state index is 0.0187. The van der Waals surface area contributed by atoms with Crippen LogP contribution in [0.15, 0.2) is 88.7 Å². The molecule has 0 unspecified atom stereocenters. The predicted molar refractivity (Wildman–Crippen MR) is 171 cm³/mol. The topological polar surface area (TPSA) is 118 Å². The lowest BCUT2D eigenvalue weighted by Crippen LogP contribution is -2.42. The van der Waals surface area contributed by atoms with Crippen LogP contribution in [0.5, 0.6) is 11.5 Å². The van der Waals surface area contributed by atoms with Crippen molar-refractivity contribution in [3.05, 3.63) is 99.0 Å². The van der Waals surface area contributed by atoms with E-state index in [1.165, 1.54) is 16.2 Å². The zero-order valence-corrected chi connectivity index (χ0v) is 25.8. The van der Waals surface area contributed by atoms with Crippen LogP contribution >= 0.6 is 23.1 Å². The predicted octanol–water partition coefficient (Wildman–Crippen LogP) is 5.14. The molecular formula is C34H29N3O6S2. The third-order valence-corrected chi connectivity index (χ3v) is 12.3. The lowest BCUT2D eigenvalue weighted by atomic mass is 9.68. The fraction of sp³-hybridized carbons (Fsp3) is 0.294. The van der Waals surface area contributed by atoms with Gasteiger partial charge in [0.25, 0.3) is 5.91 Å². The second-order valence-corrected chi connectivity index (χ2v) is 14.1. The number of nitrogens with one attached hydrogen (secondary N) is 2. The van der Waals surface area contributed by atoms with Gasteiger partial charge in [0.1, 0.15) is 11.5 Å². The summed E-state index contributed by atoms with van der Waals surface area (Å²) in [6.07, 6.45) is 0.818. The number of hydrogen-bond acceptors (Lipinski definition) is 8. The molecule has 1 aromatic heterocycles. The summed E-state index contributed by atoms with van der Waals surface area (Å²) in [7, 11) is 1.58. The molecule has 7 atom stereocenters. The van der Waals surface area contributed by atoms with Gasteiger partial charge in [0.05, 0.1) is 29.7 Å². The van der Waals surface area contributed by atoms with Crippen LogP contribution in [0.4, 0.5) is 11.4 Å². The highest BCUT2D eigenvalue weighted by Crippen LogP contribution is 2.68. The number of H-pyrrole nitrogens is 1. The first-order valence-electron chi connectivity index (χ1n) is 14.9. The van der Waals surface area contributed by atoms with Crippen LogP contribution in [0.1, 0.15) is 22.8 Å². The van der Waals surface area contributed by atoms with Crippen molar-refractivity contribution in [2.45, 2.75) is 22.6 Å². The van der Waals surface area contributed by atoms with Gasteiger partial charge in [-0.05, 0) is 78.3 Å². The second kappa shape index (κ2) is 10.9. The van der Waals surface area contributed by atoms with Gasteiger partial charge in [0.15, 0.2) is 6.61 Å². The number of thioether (sulfide) groups is 1. The maximum atomic E-state index is 14.0. The molecule has 0 spiro atoms. The number of carbonyl (C=O) groups is 3. The number of benzene rings is 3. The fourth-order valence-electron chi connectivity index (χ4n) is 8.01. The zero-order valence-electron chi connectivity index (χ0n) is 24.2. The number of nitrogens with zero attached hydrogens (tertiary/aromatic N) is 1. The van der Waals surface area contributed by atoms with E-state index < -0.39 is 0 Å². The van der Waals surface area contributed by atoms with Gasteiger partial charge >= 0.3 is 4.87 Å². The first kappa shape index (κ1) is 28.1. The van der Waals surface area contributed by atoms with E-state index in [4.69, 9.17) is 9.47 Å². The molecule has 4 aliphatic rings. The number of methoxy groups -OCH3 is 1. The summed E-state index contributed by atoms with van der Waals surface area (Å²) in [4.78, 5) is 58.1. The van der Waals surface area contributed by atoms with Crippen molar-refractivity contribution in [1.82, 2.24) is 4.98 Å². The molecule has 1 saturated heterocycles. The number of carbonyl (C=O) groups excluding carboxylic acids is 3. The Bertz CT molecular complexity index is 1860. The number of thiazole rings is 1. The molecule has 3 fully saturated rings. The van der Waals surface area contributed by atoms with Gasteiger partial charge in [-0.25, -0.2) is 0 Å². The van der Waals surface area contributed by atoms with E-state index in [1.807, 2.05) is 54.6 Å². The third-order valence-electron chi connectivity index (χ3n) is 9.72. The van der Waals surface area contributed by atoms with E-state index >= 15 is 0 Å². The van der Waals surface area contributed by atoms with E-state index in [2.05, 4.69) is 10.3 Å². The number of imide groups is 1. The molecule has 8 rings (SSSR count). The fourth-order valence-corrected chi connectivity index (χ4v) is 10.9. The summed E-state index contributed by atoms with van der Waals surface area (Å²) < 4.78 is 11.0. The number of aromatic nitrogens is 1. The van der Waals surface area contributed by atoms with Crippen LogP contribution < -0.4 is 24.6 Å². The number of fused-ring (bicyclic) bond motifs is 9. The standard InChI is InChI=1S/C34H29N3O6S2/c1-42-20-13-9-19(10-14-20)37-32(39)27-22-15-23(28(27)33(37)40)29-26(22)25(30-31(44-29)36-34(41)45-30)17-7-11-21(12-8-17)43-16-24(38)35-18-5-3-2-4-6-18/h2-14,22-23,25-29H,15-16H2,1H3,(H,35,38)(H,36,41)/t22-,23-,25+,26-,27+,28+,29-/m1/s1. The van der Waals surface area contributed by atoms with Crippen LogP contribution in [-0.4, -0.2) is 41.7 Å². The highest BCUT2D eigenvalue weighted by Gasteiger charge is 2.69. The molecule has 2 aliphatic heterocycles. The van der Waals surface area contributed by atoms with Crippen molar-refractivity contribution in [1.29, 1.82) is 0 Å². The molecule has 9 nitrogen and oxygen atoms in total. The molecule has 2 N–H and O–H groups in total. The minimum Gasteiger partial charge on any atom is -0.497 e. The van der Waals surface area contributed by atoms with Gasteiger partial charge < -0.3 is 19.8 Å². The quantitative estimate of drug-likeness (QED) is 0.269. The number of ether oxygens (including phenoxy) is 2. The Morgan fingerprint density at radius 1 is 0.911 bits per heavy atom. The molecule has 3 heterocycles. The van der Waals surface area contributed by atoms with Gasteiger partial charge in [-0.2, -0.15) is 0 Å². The number of aromatic amines is 1. The first-order valence-corrected chi connectivity index (χ1v) is 16.6. The number of hydrogen-bond donors (Lipinski definition) is 2. The highest BCUT2D eigenvalue weighted by molar-refractivity contribution is 8.00. The SMILES string of the molecule is COc1ccc(N2C(=O)[C@H]3[C@H]4C[C@@H]([C@@H]3C2=O)[C@@H]2[C@H](c3ccc(OCC(=O)Nc5ccccc5)cc3)c3sc(=O)[nH]c3S[C@H]42)cc1. The zero-order chi connectivity index (χ0) is 30.8. The summed E-state index contributed by atoms with van der Waals surface area (Å²) in [5.41, 5.74) is 2.30. The van der Waals surface area contributed by atoms with E-state index in [1.54, 1.807) is 43.1 Å². The summed E-state index contributed by atoms with van der Waals surface area (Å²) in [6, 6.07) is 24.0. The molecule has 2 bridgehead atoms. The van der Waals surface area contributed by atoms with E-state index in [9.17, 15) is 19.2 Å². The highest BCUT2D eigenvalue weighted by atomic mass is 32.2. The number of rotatable bonds is 7. The molecule has 2 aliphatic carbocycles. The van der Waals surface area contributed by atoms with Crippen molar-refractivity contribution in [2.24, 2.45) is 29.6 Å². The maximum absolute atomic E-state index is 14.0. The summed E-state index contributed by atoms with van der Waals surface area (Å²) in [5, 5.41) is 3.78. The molecule has 4 aromatic rings. The number of anilines is 2. The Kier molecular flexibility index (Phi) is 6.83. The minimum atomic E-state index is -0.378. The molecule has 228 valence electrons. The Hall–Kier alpha value is -4.35. The summed E-state index contributed by atoms with van der Waals surface area (Å²) in [5.74, 6) is 0.0357. The largest absolute Gasteiger partial charge is 0.497 e. The number of amides is 3. The van der Waals surface area contributed by atoms with Gasteiger partial charge in [-0.3, -0.25) is 24.1 Å². The van der Waals surface area contributed by atoms with Crippen molar-refractivity contribution < 1.29 is 23.9 Å². The normalized spacial score (nSPS) is 27.6. The molecule has 11 heteroatoms. The summed E-state index contributed by atoms with van der Waals surface area (Å²) >= 11 is 2.89. The van der Waals surface area contributed by atoms with Crippen LogP contribution in [0.2, 0.25) is 0 Å². The van der Waals surface area contributed by atoms with Crippen molar-refractivity contribution in [3.63, 3.8) is 0 Å². The van der Waals surface area contributed by atoms with E-state index in [0.29, 0.717) is 22.9 Å². The summed E-state index contributed by atoms with van der Waals surface area (Å²) in [6.45, 7) is -0.129. The average molecular weight is 640 g/mol. The molecule has 2 saturated carbocycles. The van der Waals surface area contributed by atoms with Crippen LogP contribution in [0, 0.1) is 29.6 Å². The smallest absolute Gasteiger partial charge is 0.305 e. The van der Waals surface area contributed by atoms with Crippen molar-refractivity contribution >= 4 is 52.2 Å². The molecule has 45 heavy (non-hydrogen) atoms. The Morgan fingerprint density at radius 3 is 2.31 bits per heavy atom. The van der Waals surface area contributed by atoms with Crippen LogP contribution in [-0.2, 0) is 14.4 Å². The van der Waals surface area contributed by atoms with E-state index in [0.717, 1.165) is 21.9 Å². The van der Waals surface area contributed by atoms with Gasteiger partial charge in [0, 0.05) is 21.7 Å². The number of para-hydroxylation sites is 1. The van der Waals surface area contributed by atoms with Gasteiger partial charge in [0.2, 0.25) is 11.8 Å². The third kappa shape index (κ3) is 4.59. The maximum Gasteiger partial charge on any atom is 0.305 e. The Labute approximate surface area is 266 Å². The Balaban J connectivity index is 1.06. The molecule has 3 amide bonds. The Morgan fingerprint density at radius 2 is 1.60 bits per heavy atom. The second-order valence-electron chi connectivity index (χ2n) is 11.9. The molecular weight excluding hydrogens is 611 g/mol. The monoisotopic (exact) mass is 639 g/mol.